The predicted molar refractivity (Wildman–Crippen MR) is 116 cm³/mol. The van der Waals surface area contributed by atoms with E-state index in [0.717, 1.165) is 17.3 Å². The number of carboxylic acids is 1. The van der Waals surface area contributed by atoms with Gasteiger partial charge in [-0.15, -0.1) is 5.10 Å². The second kappa shape index (κ2) is 10.1. The van der Waals surface area contributed by atoms with Crippen LogP contribution >= 0.6 is 23.4 Å². The van der Waals surface area contributed by atoms with Gasteiger partial charge >= 0.3 is 5.97 Å². The predicted octanol–water partition coefficient (Wildman–Crippen LogP) is 3.32. The van der Waals surface area contributed by atoms with Gasteiger partial charge in [0.2, 0.25) is 5.91 Å². The molecule has 2 aromatic rings. The number of hydrogen-bond donors (Lipinski definition) is 2. The lowest BCUT2D eigenvalue weighted by Gasteiger charge is -2.12. The first-order chi connectivity index (χ1) is 14.5. The quantitative estimate of drug-likeness (QED) is 0.474. The topological polar surface area (TPSA) is 110 Å². The number of benzene rings is 2. The molecule has 30 heavy (non-hydrogen) atoms. The zero-order chi connectivity index (χ0) is 21.5. The lowest BCUT2D eigenvalue weighted by molar-refractivity contribution is -0.138. The van der Waals surface area contributed by atoms with Crippen molar-refractivity contribution in [2.75, 3.05) is 7.11 Å². The van der Waals surface area contributed by atoms with E-state index in [-0.39, 0.29) is 11.6 Å². The van der Waals surface area contributed by atoms with Crippen LogP contribution in [0.5, 0.6) is 11.5 Å². The first kappa shape index (κ1) is 21.7. The van der Waals surface area contributed by atoms with E-state index >= 15 is 0 Å². The van der Waals surface area contributed by atoms with Gasteiger partial charge in [-0.3, -0.25) is 9.59 Å². The number of carbonyl (C=O) groups is 2. The highest BCUT2D eigenvalue weighted by atomic mass is 35.5. The van der Waals surface area contributed by atoms with Gasteiger partial charge in [0.25, 0.3) is 0 Å². The molecule has 2 aromatic carbocycles. The molecule has 2 N–H and O–H groups in total. The highest BCUT2D eigenvalue weighted by Gasteiger charge is 2.32. The van der Waals surface area contributed by atoms with E-state index in [1.807, 2.05) is 18.2 Å². The van der Waals surface area contributed by atoms with Crippen molar-refractivity contribution in [1.29, 1.82) is 0 Å². The highest BCUT2D eigenvalue weighted by Crippen LogP contribution is 2.29. The Hall–Kier alpha value is -3.04. The molecule has 8 nitrogen and oxygen atoms in total. The number of carboxylic acid groups (broad SMARTS) is 1. The Morgan fingerprint density at radius 3 is 2.83 bits per heavy atom. The lowest BCUT2D eigenvalue weighted by Crippen LogP contribution is -2.26. The molecule has 0 spiro atoms. The molecule has 0 unspecified atom stereocenters. The molecule has 1 saturated heterocycles. The van der Waals surface area contributed by atoms with Crippen molar-refractivity contribution in [1.82, 2.24) is 5.32 Å². The van der Waals surface area contributed by atoms with Crippen LogP contribution in [0.4, 0.5) is 0 Å². The number of methoxy groups -OCH3 is 1. The van der Waals surface area contributed by atoms with Gasteiger partial charge in [-0.25, -0.2) is 0 Å². The summed E-state index contributed by atoms with van der Waals surface area (Å²) in [7, 11) is 1.53. The van der Waals surface area contributed by atoms with Crippen LogP contribution < -0.4 is 14.8 Å². The number of thioether (sulfide) groups is 1. The molecule has 3 rings (SSSR count). The Bertz CT molecular complexity index is 1010. The van der Waals surface area contributed by atoms with Gasteiger partial charge in [0.1, 0.15) is 11.9 Å². The average molecular weight is 448 g/mol. The van der Waals surface area contributed by atoms with E-state index in [0.29, 0.717) is 28.7 Å². The number of carbonyl (C=O) groups excluding carboxylic acids is 1. The lowest BCUT2D eigenvalue weighted by atomic mass is 10.2. The molecular formula is C20H18ClN3O5S. The standard InChI is InChI=1S/C20H18ClN3O5S/c1-28-16-8-12(6-7-15(16)29-11-13-4-2-3-5-14(13)21)10-22-24-20-23-19(27)17(30-20)9-18(25)26/h2-8,10,17H,9,11H2,1H3,(H,25,26)(H,23,24,27)/b22-10-/t17-/m0/s1. The molecule has 10 heteroatoms. The van der Waals surface area contributed by atoms with Crippen molar-refractivity contribution < 1.29 is 24.2 Å². The van der Waals surface area contributed by atoms with Gasteiger partial charge in [0.15, 0.2) is 16.7 Å². The monoisotopic (exact) mass is 447 g/mol. The minimum Gasteiger partial charge on any atom is -0.493 e. The smallest absolute Gasteiger partial charge is 0.305 e. The minimum absolute atomic E-state index is 0.258. The van der Waals surface area contributed by atoms with E-state index in [4.69, 9.17) is 26.2 Å². The third-order valence-electron chi connectivity index (χ3n) is 4.02. The zero-order valence-electron chi connectivity index (χ0n) is 15.9. The molecule has 0 bridgehead atoms. The van der Waals surface area contributed by atoms with Gasteiger partial charge in [-0.1, -0.05) is 41.6 Å². The molecule has 0 aromatic heterocycles. The van der Waals surface area contributed by atoms with Gasteiger partial charge in [0.05, 0.1) is 19.7 Å². The van der Waals surface area contributed by atoms with Crippen LogP contribution in [0.15, 0.2) is 52.7 Å². The first-order valence-electron chi connectivity index (χ1n) is 8.81. The van der Waals surface area contributed by atoms with Crippen LogP contribution in [0.25, 0.3) is 0 Å². The Morgan fingerprint density at radius 2 is 2.10 bits per heavy atom. The van der Waals surface area contributed by atoms with E-state index in [2.05, 4.69) is 15.5 Å². The molecule has 1 atom stereocenters. The third-order valence-corrected chi connectivity index (χ3v) is 5.46. The molecule has 0 radical (unpaired) electrons. The van der Waals surface area contributed by atoms with Crippen molar-refractivity contribution >= 4 is 46.6 Å². The largest absolute Gasteiger partial charge is 0.493 e. The molecule has 0 aliphatic carbocycles. The molecule has 1 aliphatic heterocycles. The van der Waals surface area contributed by atoms with Crippen LogP contribution in [-0.2, 0) is 16.2 Å². The van der Waals surface area contributed by atoms with Crippen LogP contribution in [0.2, 0.25) is 5.02 Å². The summed E-state index contributed by atoms with van der Waals surface area (Å²) in [4.78, 5) is 22.4. The van der Waals surface area contributed by atoms with E-state index in [1.54, 1.807) is 24.3 Å². The Labute approximate surface area is 181 Å². The van der Waals surface area contributed by atoms with Gasteiger partial charge < -0.3 is 19.9 Å². The van der Waals surface area contributed by atoms with E-state index < -0.39 is 17.1 Å². The number of nitrogens with zero attached hydrogens (tertiary/aromatic N) is 2. The van der Waals surface area contributed by atoms with Crippen LogP contribution in [-0.4, -0.2) is 40.7 Å². The van der Waals surface area contributed by atoms with E-state index in [9.17, 15) is 9.59 Å². The number of aliphatic carboxylic acids is 1. The fraction of sp³-hybridized carbons (Fsp3) is 0.200. The summed E-state index contributed by atoms with van der Waals surface area (Å²) >= 11 is 7.18. The average Bonchev–Trinajstić information content (AvgIpc) is 3.06. The Balaban J connectivity index is 1.64. The highest BCUT2D eigenvalue weighted by molar-refractivity contribution is 8.15. The fourth-order valence-corrected chi connectivity index (χ4v) is 3.65. The van der Waals surface area contributed by atoms with E-state index in [1.165, 1.54) is 13.3 Å². The van der Waals surface area contributed by atoms with Gasteiger partial charge in [-0.05, 0) is 29.8 Å². The molecular weight excluding hydrogens is 430 g/mol. The molecule has 1 fully saturated rings. The summed E-state index contributed by atoms with van der Waals surface area (Å²) in [5.74, 6) is -0.367. The number of halogens is 1. The molecule has 1 aliphatic rings. The van der Waals surface area contributed by atoms with Gasteiger partial charge in [-0.2, -0.15) is 5.10 Å². The number of amidine groups is 1. The second-order valence-electron chi connectivity index (χ2n) is 6.13. The summed E-state index contributed by atoms with van der Waals surface area (Å²) in [6.07, 6.45) is 1.22. The number of amides is 1. The SMILES string of the molecule is COc1cc(/C=N\N=C2\NC(=O)[C@H](CC(=O)O)S2)ccc1OCc1ccccc1Cl. The minimum atomic E-state index is -1.05. The molecule has 1 amide bonds. The van der Waals surface area contributed by atoms with Crippen molar-refractivity contribution in [2.45, 2.75) is 18.3 Å². The number of ether oxygens (including phenoxy) is 2. The van der Waals surface area contributed by atoms with Crippen molar-refractivity contribution in [3.05, 3.63) is 58.6 Å². The summed E-state index contributed by atoms with van der Waals surface area (Å²) in [6, 6.07) is 12.7. The molecule has 0 saturated carbocycles. The van der Waals surface area contributed by atoms with Gasteiger partial charge in [0, 0.05) is 10.6 Å². The van der Waals surface area contributed by atoms with Crippen LogP contribution in [0, 0.1) is 0 Å². The second-order valence-corrected chi connectivity index (χ2v) is 7.73. The number of rotatable bonds is 8. The molecule has 156 valence electrons. The van der Waals surface area contributed by atoms with Crippen molar-refractivity contribution in [3.63, 3.8) is 0 Å². The van der Waals surface area contributed by atoms with Crippen LogP contribution in [0.1, 0.15) is 17.5 Å². The van der Waals surface area contributed by atoms with Crippen molar-refractivity contribution in [3.8, 4) is 11.5 Å². The summed E-state index contributed by atoms with van der Waals surface area (Å²) < 4.78 is 11.2. The zero-order valence-corrected chi connectivity index (χ0v) is 17.4. The van der Waals surface area contributed by atoms with Crippen LogP contribution in [0.3, 0.4) is 0 Å². The summed E-state index contributed by atoms with van der Waals surface area (Å²) in [5, 5.41) is 19.4. The maximum Gasteiger partial charge on any atom is 0.305 e. The summed E-state index contributed by atoms with van der Waals surface area (Å²) in [5.41, 5.74) is 1.57. The maximum absolute atomic E-state index is 11.7. The number of hydrogen-bond acceptors (Lipinski definition) is 7. The molecule has 1 heterocycles. The Morgan fingerprint density at radius 1 is 1.30 bits per heavy atom. The first-order valence-corrected chi connectivity index (χ1v) is 10.1. The number of nitrogens with one attached hydrogen (secondary N) is 1. The fourth-order valence-electron chi connectivity index (χ4n) is 2.55. The Kier molecular flexibility index (Phi) is 7.31. The maximum atomic E-state index is 11.7. The summed E-state index contributed by atoms with van der Waals surface area (Å²) in [6.45, 7) is 0.297. The van der Waals surface area contributed by atoms with Crippen molar-refractivity contribution in [2.24, 2.45) is 10.2 Å². The third kappa shape index (κ3) is 5.74. The normalized spacial score (nSPS) is 17.3.